The van der Waals surface area contributed by atoms with Crippen LogP contribution in [0.3, 0.4) is 0 Å². The first-order valence-electron chi connectivity index (χ1n) is 7.11. The van der Waals surface area contributed by atoms with Crippen LogP contribution < -0.4 is 10.5 Å². The highest BCUT2D eigenvalue weighted by Crippen LogP contribution is 2.29. The van der Waals surface area contributed by atoms with Gasteiger partial charge in [0.25, 0.3) is 0 Å². The number of carboxylic acid groups (broad SMARTS) is 1. The van der Waals surface area contributed by atoms with Crippen molar-refractivity contribution in [3.8, 4) is 17.1 Å². The Bertz CT molecular complexity index is 656. The quantitative estimate of drug-likeness (QED) is 0.748. The van der Waals surface area contributed by atoms with Crippen LogP contribution in [0.5, 0.6) is 5.75 Å². The largest absolute Gasteiger partial charge is 0.492 e. The molecule has 2 rings (SSSR count). The minimum atomic E-state index is -0.964. The molecule has 2 aromatic rings. The average molecular weight is 305 g/mol. The number of nitrogens with two attached hydrogens (primary N) is 1. The summed E-state index contributed by atoms with van der Waals surface area (Å²) < 4.78 is 6.71. The average Bonchev–Trinajstić information content (AvgIpc) is 2.95. The first-order chi connectivity index (χ1) is 10.6. The van der Waals surface area contributed by atoms with Crippen molar-refractivity contribution in [3.63, 3.8) is 0 Å². The molecule has 0 radical (unpaired) electrons. The summed E-state index contributed by atoms with van der Waals surface area (Å²) in [6.45, 7) is 4.30. The third kappa shape index (κ3) is 3.16. The van der Waals surface area contributed by atoms with Gasteiger partial charge in [0.05, 0.1) is 12.3 Å². The number of aromatic nitrogens is 4. The Morgan fingerprint density at radius 2 is 2.23 bits per heavy atom. The number of tetrazole rings is 1. The van der Waals surface area contributed by atoms with Gasteiger partial charge in [-0.05, 0) is 42.0 Å². The van der Waals surface area contributed by atoms with Crippen LogP contribution in [0.4, 0.5) is 5.69 Å². The summed E-state index contributed by atoms with van der Waals surface area (Å²) >= 11 is 0. The molecule has 8 heteroatoms. The molecule has 1 aromatic carbocycles. The molecule has 3 N–H and O–H groups in total. The van der Waals surface area contributed by atoms with Crippen LogP contribution >= 0.6 is 0 Å². The summed E-state index contributed by atoms with van der Waals surface area (Å²) in [5, 5.41) is 20.7. The molecule has 0 amide bonds. The van der Waals surface area contributed by atoms with Crippen molar-refractivity contribution < 1.29 is 14.6 Å². The second-order valence-corrected chi connectivity index (χ2v) is 4.78. The molecule has 0 aliphatic heterocycles. The summed E-state index contributed by atoms with van der Waals surface area (Å²) in [6, 6.07) is 4.36. The summed E-state index contributed by atoms with van der Waals surface area (Å²) in [4.78, 5) is 11.4. The normalized spacial score (nSPS) is 12.1. The van der Waals surface area contributed by atoms with Gasteiger partial charge in [0.15, 0.2) is 11.9 Å². The molecule has 1 atom stereocenters. The third-order valence-corrected chi connectivity index (χ3v) is 3.20. The van der Waals surface area contributed by atoms with Crippen LogP contribution in [-0.4, -0.2) is 37.9 Å². The lowest BCUT2D eigenvalue weighted by molar-refractivity contribution is -0.141. The van der Waals surface area contributed by atoms with Gasteiger partial charge in [0.2, 0.25) is 0 Å². The van der Waals surface area contributed by atoms with Crippen molar-refractivity contribution in [3.05, 3.63) is 18.2 Å². The van der Waals surface area contributed by atoms with E-state index < -0.39 is 12.0 Å². The highest BCUT2D eigenvalue weighted by molar-refractivity contribution is 5.73. The molecule has 0 aliphatic rings. The molecule has 0 bridgehead atoms. The molecule has 0 saturated carbocycles. The number of ether oxygens (including phenoxy) is 1. The van der Waals surface area contributed by atoms with Crippen LogP contribution in [0.15, 0.2) is 18.2 Å². The smallest absolute Gasteiger partial charge is 0.328 e. The zero-order valence-corrected chi connectivity index (χ0v) is 12.6. The molecule has 0 fully saturated rings. The van der Waals surface area contributed by atoms with E-state index >= 15 is 0 Å². The zero-order valence-electron chi connectivity index (χ0n) is 12.6. The summed E-state index contributed by atoms with van der Waals surface area (Å²) in [6.07, 6.45) is 1.15. The van der Waals surface area contributed by atoms with Crippen molar-refractivity contribution >= 4 is 11.7 Å². The van der Waals surface area contributed by atoms with Gasteiger partial charge in [-0.1, -0.05) is 13.3 Å². The maximum atomic E-state index is 11.4. The van der Waals surface area contributed by atoms with Gasteiger partial charge in [-0.15, -0.1) is 5.10 Å². The number of benzene rings is 1. The second-order valence-electron chi connectivity index (χ2n) is 4.78. The summed E-state index contributed by atoms with van der Waals surface area (Å²) in [5.74, 6) is -0.0153. The molecule has 0 aliphatic carbocycles. The summed E-state index contributed by atoms with van der Waals surface area (Å²) in [5.41, 5.74) is 7.04. The Kier molecular flexibility index (Phi) is 4.92. The Hall–Kier alpha value is -2.64. The number of anilines is 1. The van der Waals surface area contributed by atoms with Crippen molar-refractivity contribution in [2.24, 2.45) is 0 Å². The molecular weight excluding hydrogens is 286 g/mol. The lowest BCUT2D eigenvalue weighted by Gasteiger charge is -2.14. The van der Waals surface area contributed by atoms with Crippen molar-refractivity contribution in [2.75, 3.05) is 12.3 Å². The van der Waals surface area contributed by atoms with E-state index in [1.165, 1.54) is 4.68 Å². The van der Waals surface area contributed by atoms with Gasteiger partial charge in [-0.3, -0.25) is 0 Å². The predicted octanol–water partition coefficient (Wildman–Crippen LogP) is 1.75. The number of carbonyl (C=O) groups is 1. The number of carboxylic acids is 1. The van der Waals surface area contributed by atoms with Crippen LogP contribution in [0.25, 0.3) is 11.4 Å². The number of aliphatic carboxylic acids is 1. The first-order valence-corrected chi connectivity index (χ1v) is 7.11. The van der Waals surface area contributed by atoms with Gasteiger partial charge in [0, 0.05) is 5.56 Å². The Morgan fingerprint density at radius 1 is 1.45 bits per heavy atom. The van der Waals surface area contributed by atoms with Crippen molar-refractivity contribution in [2.45, 2.75) is 32.7 Å². The fourth-order valence-electron chi connectivity index (χ4n) is 2.19. The first kappa shape index (κ1) is 15.7. The number of nitrogen functional groups attached to an aromatic ring is 1. The fraction of sp³-hybridized carbons (Fsp3) is 0.429. The highest BCUT2D eigenvalue weighted by atomic mass is 16.5. The maximum Gasteiger partial charge on any atom is 0.328 e. The highest BCUT2D eigenvalue weighted by Gasteiger charge is 2.24. The molecule has 118 valence electrons. The molecular formula is C14H19N5O3. The van der Waals surface area contributed by atoms with Crippen LogP contribution in [0.2, 0.25) is 0 Å². The minimum Gasteiger partial charge on any atom is -0.492 e. The molecule has 22 heavy (non-hydrogen) atoms. The molecule has 1 heterocycles. The lowest BCUT2D eigenvalue weighted by Crippen LogP contribution is -2.21. The second kappa shape index (κ2) is 6.88. The van der Waals surface area contributed by atoms with Gasteiger partial charge < -0.3 is 15.6 Å². The number of hydrogen-bond acceptors (Lipinski definition) is 6. The monoisotopic (exact) mass is 305 g/mol. The standard InChI is InChI=1S/C14H19N5O3/c1-3-5-11(14(20)21)19-13(16-17-18-19)9-6-7-12(22-4-2)10(15)8-9/h6-8,11H,3-5,15H2,1-2H3,(H,20,21). The molecule has 0 saturated heterocycles. The fourth-order valence-corrected chi connectivity index (χ4v) is 2.19. The van der Waals surface area contributed by atoms with E-state index in [0.29, 0.717) is 42.3 Å². The van der Waals surface area contributed by atoms with E-state index in [1.807, 2.05) is 13.8 Å². The Morgan fingerprint density at radius 3 is 2.82 bits per heavy atom. The van der Waals surface area contributed by atoms with Gasteiger partial charge >= 0.3 is 5.97 Å². The van der Waals surface area contributed by atoms with Crippen LogP contribution in [0, 0.1) is 0 Å². The van der Waals surface area contributed by atoms with E-state index in [-0.39, 0.29) is 0 Å². The van der Waals surface area contributed by atoms with Crippen LogP contribution in [-0.2, 0) is 4.79 Å². The van der Waals surface area contributed by atoms with E-state index in [0.717, 1.165) is 0 Å². The van der Waals surface area contributed by atoms with Crippen LogP contribution in [0.1, 0.15) is 32.7 Å². The van der Waals surface area contributed by atoms with Crippen molar-refractivity contribution in [1.82, 2.24) is 20.2 Å². The number of hydrogen-bond donors (Lipinski definition) is 2. The van der Waals surface area contributed by atoms with E-state index in [9.17, 15) is 9.90 Å². The van der Waals surface area contributed by atoms with Gasteiger partial charge in [0.1, 0.15) is 5.75 Å². The topological polar surface area (TPSA) is 116 Å². The molecule has 8 nitrogen and oxygen atoms in total. The molecule has 1 unspecified atom stereocenters. The van der Waals surface area contributed by atoms with E-state index in [4.69, 9.17) is 10.5 Å². The Labute approximate surface area is 127 Å². The maximum absolute atomic E-state index is 11.4. The number of nitrogens with zero attached hydrogens (tertiary/aromatic N) is 4. The molecule has 1 aromatic heterocycles. The molecule has 0 spiro atoms. The third-order valence-electron chi connectivity index (χ3n) is 3.20. The summed E-state index contributed by atoms with van der Waals surface area (Å²) in [7, 11) is 0. The zero-order chi connectivity index (χ0) is 16.1. The minimum absolute atomic E-state index is 0.371. The van der Waals surface area contributed by atoms with Gasteiger partial charge in [-0.25, -0.2) is 9.48 Å². The van der Waals surface area contributed by atoms with Crippen molar-refractivity contribution in [1.29, 1.82) is 0 Å². The lowest BCUT2D eigenvalue weighted by atomic mass is 10.1. The SMILES string of the molecule is CCCC(C(=O)O)n1nnnc1-c1ccc(OCC)c(N)c1. The van der Waals surface area contributed by atoms with Gasteiger partial charge in [-0.2, -0.15) is 0 Å². The van der Waals surface area contributed by atoms with E-state index in [2.05, 4.69) is 15.5 Å². The Balaban J connectivity index is 2.40. The number of rotatable bonds is 7. The predicted molar refractivity (Wildman–Crippen MR) is 80.4 cm³/mol. The van der Waals surface area contributed by atoms with E-state index in [1.54, 1.807) is 18.2 Å².